The number of halogens is 1. The van der Waals surface area contributed by atoms with Gasteiger partial charge in [0.25, 0.3) is 0 Å². The second kappa shape index (κ2) is 7.65. The monoisotopic (exact) mass is 520 g/mol. The van der Waals surface area contributed by atoms with Crippen LogP contribution in [0.1, 0.15) is 60.2 Å². The number of piperidine rings is 1. The first-order chi connectivity index (χ1) is 17.4. The fraction of sp³-hybridized carbons (Fsp3) is 0.483. The summed E-state index contributed by atoms with van der Waals surface area (Å²) in [5.74, 6) is 2.08. The van der Waals surface area contributed by atoms with E-state index < -0.39 is 11.0 Å². The van der Waals surface area contributed by atoms with Crippen molar-refractivity contribution in [3.8, 4) is 11.5 Å². The highest BCUT2D eigenvalue weighted by atomic mass is 35.5. The van der Waals surface area contributed by atoms with Crippen molar-refractivity contribution in [2.45, 2.75) is 68.7 Å². The van der Waals surface area contributed by atoms with Crippen LogP contribution in [0.3, 0.4) is 0 Å². The lowest BCUT2D eigenvalue weighted by Crippen LogP contribution is -2.74. The Morgan fingerprint density at radius 1 is 1.27 bits per heavy atom. The van der Waals surface area contributed by atoms with Crippen molar-refractivity contribution in [2.75, 3.05) is 13.1 Å². The summed E-state index contributed by atoms with van der Waals surface area (Å²) >= 11 is 0. The molecule has 0 amide bonds. The number of phenolic OH excluding ortho intramolecular Hbond substituents is 1. The summed E-state index contributed by atoms with van der Waals surface area (Å²) < 4.78 is 6.67. The van der Waals surface area contributed by atoms with Crippen molar-refractivity contribution in [3.63, 3.8) is 0 Å². The van der Waals surface area contributed by atoms with E-state index >= 15 is 0 Å². The fourth-order valence-corrected chi connectivity index (χ4v) is 7.98. The molecule has 0 unspecified atom stereocenters. The third-order valence-electron chi connectivity index (χ3n) is 9.74. The highest BCUT2D eigenvalue weighted by Gasteiger charge is 2.72. The molecule has 37 heavy (non-hydrogen) atoms. The van der Waals surface area contributed by atoms with Crippen molar-refractivity contribution in [1.82, 2.24) is 9.88 Å². The van der Waals surface area contributed by atoms with Crippen molar-refractivity contribution in [3.05, 3.63) is 58.3 Å². The zero-order chi connectivity index (χ0) is 24.4. The maximum atomic E-state index is 12.9. The number of aliphatic imine (C=N–C) groups is 1. The Morgan fingerprint density at radius 3 is 2.89 bits per heavy atom. The summed E-state index contributed by atoms with van der Waals surface area (Å²) in [6, 6.07) is 10.2. The number of ether oxygens (including phenoxy) is 1. The van der Waals surface area contributed by atoms with Gasteiger partial charge in [-0.25, -0.2) is 0 Å². The summed E-state index contributed by atoms with van der Waals surface area (Å²) in [5, 5.41) is 24.9. The quantitative estimate of drug-likeness (QED) is 0.308. The van der Waals surface area contributed by atoms with Crippen LogP contribution in [0, 0.1) is 5.92 Å². The third kappa shape index (κ3) is 2.93. The minimum atomic E-state index is -0.971. The van der Waals surface area contributed by atoms with E-state index in [4.69, 9.17) is 10.5 Å². The second-order valence-corrected chi connectivity index (χ2v) is 11.8. The molecule has 2 fully saturated rings. The van der Waals surface area contributed by atoms with Gasteiger partial charge in [-0.2, -0.15) is 0 Å². The van der Waals surface area contributed by atoms with Crippen LogP contribution in [0.15, 0.2) is 35.3 Å². The first-order valence-electron chi connectivity index (χ1n) is 13.3. The number of aromatic nitrogens is 1. The number of nitrogens with two attached hydrogens (primary N) is 1. The molecule has 2 aliphatic heterocycles. The maximum Gasteiger partial charge on any atom is 0.166 e. The van der Waals surface area contributed by atoms with Crippen molar-refractivity contribution >= 4 is 29.1 Å². The minimum absolute atomic E-state index is 0. The lowest BCUT2D eigenvalue weighted by molar-refractivity contribution is -0.173. The zero-order valence-electron chi connectivity index (χ0n) is 21.0. The molecule has 1 saturated carbocycles. The van der Waals surface area contributed by atoms with E-state index in [2.05, 4.69) is 39.1 Å². The number of aromatic hydroxyl groups is 1. The van der Waals surface area contributed by atoms with E-state index in [1.807, 2.05) is 0 Å². The number of aliphatic hydroxyl groups is 1. The van der Waals surface area contributed by atoms with Crippen LogP contribution >= 0.6 is 12.4 Å². The number of aromatic amines is 1. The molecule has 3 heterocycles. The molecule has 1 spiro atoms. The Kier molecular flexibility index (Phi) is 4.84. The second-order valence-electron chi connectivity index (χ2n) is 11.8. The number of H-pyrrole nitrogens is 1. The minimum Gasteiger partial charge on any atom is -0.504 e. The highest BCUT2D eigenvalue weighted by molar-refractivity contribution is 5.87. The molecule has 3 aliphatic carbocycles. The molecule has 1 aromatic heterocycles. The van der Waals surface area contributed by atoms with Crippen LogP contribution in [0.4, 0.5) is 0 Å². The van der Waals surface area contributed by atoms with Crippen LogP contribution < -0.4 is 10.5 Å². The average molecular weight is 521 g/mol. The lowest BCUT2D eigenvalue weighted by Gasteiger charge is -2.62. The van der Waals surface area contributed by atoms with E-state index in [9.17, 15) is 10.2 Å². The number of rotatable bonds is 4. The summed E-state index contributed by atoms with van der Waals surface area (Å²) in [7, 11) is 0. The standard InChI is InChI=1S/C29H32N4O3.ClH/c1-15(30)31-13-17-4-6-21-19(10-17)20-12-29(35)23-11-18-5-7-22(34)26-24(18)28(29,27(36-26)25(20)32-21)8-9-33(23)14-16-2-3-16;/h4-7,10,16,23,27,32,34-35H,2-3,8-9,11-14H2,1H3,(H2,30,31);1H/t23-,27+,28+,29-;/m1./s1. The van der Waals surface area contributed by atoms with Crippen LogP contribution in [-0.4, -0.2) is 50.7 Å². The normalized spacial score (nSPS) is 31.5. The summed E-state index contributed by atoms with van der Waals surface area (Å²) in [6.45, 7) is 4.36. The number of nitrogens with one attached hydrogen (secondary N) is 1. The van der Waals surface area contributed by atoms with Gasteiger partial charge >= 0.3 is 0 Å². The average Bonchev–Trinajstić information content (AvgIpc) is 3.49. The van der Waals surface area contributed by atoms with E-state index in [1.165, 1.54) is 18.4 Å². The van der Waals surface area contributed by atoms with Gasteiger partial charge in [0, 0.05) is 35.5 Å². The largest absolute Gasteiger partial charge is 0.504 e. The lowest BCUT2D eigenvalue weighted by atomic mass is 9.49. The van der Waals surface area contributed by atoms with Gasteiger partial charge in [-0.3, -0.25) is 9.89 Å². The molecular formula is C29H33ClN4O3. The van der Waals surface area contributed by atoms with Crippen molar-refractivity contribution < 1.29 is 14.9 Å². The van der Waals surface area contributed by atoms with E-state index in [0.717, 1.165) is 65.1 Å². The van der Waals surface area contributed by atoms with Gasteiger partial charge in [-0.15, -0.1) is 12.4 Å². The molecule has 1 saturated heterocycles. The number of phenols is 1. The molecule has 2 bridgehead atoms. The molecule has 5 aliphatic rings. The number of amidine groups is 1. The number of likely N-dealkylation sites (tertiary alicyclic amines) is 1. The van der Waals surface area contributed by atoms with Crippen LogP contribution in [0.25, 0.3) is 10.9 Å². The Hall–Kier alpha value is -2.74. The van der Waals surface area contributed by atoms with Crippen LogP contribution in [-0.2, 0) is 24.8 Å². The Bertz CT molecular complexity index is 1480. The number of hydrogen-bond donors (Lipinski definition) is 4. The van der Waals surface area contributed by atoms with Crippen LogP contribution in [0.5, 0.6) is 11.5 Å². The highest BCUT2D eigenvalue weighted by Crippen LogP contribution is 2.69. The van der Waals surface area contributed by atoms with Gasteiger partial charge in [-0.05, 0) is 80.0 Å². The molecule has 0 radical (unpaired) electrons. The fourth-order valence-electron chi connectivity index (χ4n) is 7.98. The molecule has 7 nitrogen and oxygen atoms in total. The Morgan fingerprint density at radius 2 is 2.11 bits per heavy atom. The first kappa shape index (κ1) is 23.4. The van der Waals surface area contributed by atoms with Gasteiger partial charge in [0.15, 0.2) is 17.6 Å². The summed E-state index contributed by atoms with van der Waals surface area (Å²) in [6.07, 6.45) is 4.44. The van der Waals surface area contributed by atoms with Gasteiger partial charge in [-0.1, -0.05) is 12.1 Å². The van der Waals surface area contributed by atoms with Gasteiger partial charge < -0.3 is 25.7 Å². The molecular weight excluding hydrogens is 488 g/mol. The number of fused-ring (bicyclic) bond motifs is 4. The third-order valence-corrected chi connectivity index (χ3v) is 9.74. The predicted molar refractivity (Wildman–Crippen MR) is 145 cm³/mol. The van der Waals surface area contributed by atoms with Gasteiger partial charge in [0.2, 0.25) is 0 Å². The number of nitrogens with zero attached hydrogens (tertiary/aromatic N) is 2. The topological polar surface area (TPSA) is 107 Å². The molecule has 5 N–H and O–H groups in total. The van der Waals surface area contributed by atoms with Crippen molar-refractivity contribution in [1.29, 1.82) is 0 Å². The maximum absolute atomic E-state index is 12.9. The first-order valence-corrected chi connectivity index (χ1v) is 13.3. The Labute approximate surface area is 222 Å². The van der Waals surface area contributed by atoms with Gasteiger partial charge in [0.1, 0.15) is 0 Å². The molecule has 4 atom stereocenters. The van der Waals surface area contributed by atoms with E-state index in [0.29, 0.717) is 24.6 Å². The van der Waals surface area contributed by atoms with Gasteiger partial charge in [0.05, 0.1) is 29.1 Å². The smallest absolute Gasteiger partial charge is 0.166 e. The molecule has 2 aromatic carbocycles. The predicted octanol–water partition coefficient (Wildman–Crippen LogP) is 3.87. The molecule has 3 aromatic rings. The van der Waals surface area contributed by atoms with E-state index in [-0.39, 0.29) is 30.3 Å². The molecule has 8 heteroatoms. The number of benzene rings is 2. The number of hydrogen-bond acceptors (Lipinski definition) is 5. The van der Waals surface area contributed by atoms with Crippen LogP contribution in [0.2, 0.25) is 0 Å². The van der Waals surface area contributed by atoms with E-state index in [1.54, 1.807) is 13.0 Å². The zero-order valence-corrected chi connectivity index (χ0v) is 21.8. The van der Waals surface area contributed by atoms with Crippen molar-refractivity contribution in [2.24, 2.45) is 16.6 Å². The SMILES string of the molecule is CC(N)=NCc1ccc2[nH]c3c(c2c1)C[C@@]1(O)[C@H]2Cc4ccc(O)c5c4[C@@]1(CCN2CC1CC1)[C@H]3O5.Cl. The summed E-state index contributed by atoms with van der Waals surface area (Å²) in [5.41, 5.74) is 10.8. The Balaban J connectivity index is 0.00000231. The summed E-state index contributed by atoms with van der Waals surface area (Å²) in [4.78, 5) is 10.6. The molecule has 194 valence electrons. The molecule has 8 rings (SSSR count).